The SMILES string of the molecule is c1ccc2cc(-c3c4ccc(N(c5ccc6ccccc6c5)c5ccc6ccccc6c5)cc4c(-c4ccc5ccccc5c4)c4ncc(N(c5ccc6ccccc6c5)c5ccc6ccccc6c5)cc34)ccc2c1. The Morgan fingerprint density at radius 2 is 0.513 bits per heavy atom. The lowest BCUT2D eigenvalue weighted by molar-refractivity contribution is 1.26. The van der Waals surface area contributed by atoms with Crippen LogP contribution in [0.25, 0.3) is 109 Å². The van der Waals surface area contributed by atoms with Gasteiger partial charge in [-0.2, -0.15) is 0 Å². The molecule has 0 bridgehead atoms. The van der Waals surface area contributed by atoms with Crippen molar-refractivity contribution < 1.29 is 0 Å². The molecule has 0 unspecified atom stereocenters. The summed E-state index contributed by atoms with van der Waals surface area (Å²) < 4.78 is 0. The van der Waals surface area contributed by atoms with E-state index in [2.05, 4.69) is 295 Å². The fourth-order valence-electron chi connectivity index (χ4n) is 11.8. The number of pyridine rings is 1. The van der Waals surface area contributed by atoms with Crippen LogP contribution in [0.15, 0.2) is 285 Å². The van der Waals surface area contributed by atoms with Gasteiger partial charge in [-0.3, -0.25) is 4.98 Å². The van der Waals surface area contributed by atoms with Crippen LogP contribution in [0.5, 0.6) is 0 Å². The Morgan fingerprint density at radius 1 is 0.211 bits per heavy atom. The predicted octanol–water partition coefficient (Wildman–Crippen LogP) is 20.6. The second-order valence-electron chi connectivity index (χ2n) is 20.0. The summed E-state index contributed by atoms with van der Waals surface area (Å²) in [5, 5.41) is 17.7. The van der Waals surface area contributed by atoms with Gasteiger partial charge in [0.1, 0.15) is 0 Å². The Morgan fingerprint density at radius 3 is 0.921 bits per heavy atom. The van der Waals surface area contributed by atoms with Gasteiger partial charge in [0.25, 0.3) is 0 Å². The van der Waals surface area contributed by atoms with Crippen molar-refractivity contribution in [2.45, 2.75) is 0 Å². The Bertz CT molecular complexity index is 4340. The number of rotatable bonds is 8. The summed E-state index contributed by atoms with van der Waals surface area (Å²) >= 11 is 0. The van der Waals surface area contributed by atoms with E-state index < -0.39 is 0 Å². The lowest BCUT2D eigenvalue weighted by Crippen LogP contribution is -2.11. The highest BCUT2D eigenvalue weighted by atomic mass is 15.2. The van der Waals surface area contributed by atoms with E-state index in [-0.39, 0.29) is 0 Å². The van der Waals surface area contributed by atoms with Gasteiger partial charge in [0.2, 0.25) is 0 Å². The molecule has 3 heteroatoms. The molecule has 0 aliphatic heterocycles. The van der Waals surface area contributed by atoms with Gasteiger partial charge in [-0.05, 0) is 171 Å². The van der Waals surface area contributed by atoms with E-state index in [9.17, 15) is 0 Å². The molecule has 15 rings (SSSR count). The molecule has 0 saturated heterocycles. The van der Waals surface area contributed by atoms with Crippen LogP contribution in [-0.2, 0) is 0 Å². The average molecular weight is 966 g/mol. The monoisotopic (exact) mass is 965 g/mol. The summed E-state index contributed by atoms with van der Waals surface area (Å²) in [7, 11) is 0. The van der Waals surface area contributed by atoms with Gasteiger partial charge in [0, 0.05) is 39.4 Å². The number of anilines is 6. The molecule has 354 valence electrons. The predicted molar refractivity (Wildman–Crippen MR) is 325 cm³/mol. The maximum atomic E-state index is 5.74. The van der Waals surface area contributed by atoms with Crippen molar-refractivity contribution in [2.24, 2.45) is 0 Å². The molecule has 0 amide bonds. The fraction of sp³-hybridized carbons (Fsp3) is 0. The average Bonchev–Trinajstić information content (AvgIpc) is 3.51. The lowest BCUT2D eigenvalue weighted by atomic mass is 9.86. The van der Waals surface area contributed by atoms with E-state index in [1.54, 1.807) is 0 Å². The number of aromatic nitrogens is 1. The minimum atomic E-state index is 0.937. The van der Waals surface area contributed by atoms with Gasteiger partial charge in [-0.1, -0.05) is 200 Å². The highest BCUT2D eigenvalue weighted by molar-refractivity contribution is 6.22. The van der Waals surface area contributed by atoms with Crippen LogP contribution in [-0.4, -0.2) is 4.98 Å². The maximum Gasteiger partial charge on any atom is 0.0794 e. The zero-order chi connectivity index (χ0) is 50.1. The molecule has 0 atom stereocenters. The van der Waals surface area contributed by atoms with Crippen molar-refractivity contribution in [3.63, 3.8) is 0 Å². The third-order valence-corrected chi connectivity index (χ3v) is 15.5. The molecule has 3 nitrogen and oxygen atoms in total. The number of benzene rings is 14. The largest absolute Gasteiger partial charge is 0.310 e. The van der Waals surface area contributed by atoms with E-state index in [4.69, 9.17) is 4.98 Å². The summed E-state index contributed by atoms with van der Waals surface area (Å²) in [6.07, 6.45) is 2.09. The molecule has 76 heavy (non-hydrogen) atoms. The third kappa shape index (κ3) is 7.48. The topological polar surface area (TPSA) is 19.4 Å². The van der Waals surface area contributed by atoms with E-state index in [0.717, 1.165) is 78.1 Å². The summed E-state index contributed by atoms with van der Waals surface area (Å²) in [5.74, 6) is 0. The highest BCUT2D eigenvalue weighted by Gasteiger charge is 2.24. The molecule has 0 radical (unpaired) electrons. The van der Waals surface area contributed by atoms with E-state index in [0.29, 0.717) is 0 Å². The first-order valence-electron chi connectivity index (χ1n) is 26.1. The van der Waals surface area contributed by atoms with E-state index >= 15 is 0 Å². The molecule has 0 fully saturated rings. The van der Waals surface area contributed by atoms with Gasteiger partial charge in [-0.25, -0.2) is 0 Å². The van der Waals surface area contributed by atoms with E-state index in [1.807, 2.05) is 0 Å². The van der Waals surface area contributed by atoms with Crippen LogP contribution in [0.4, 0.5) is 34.1 Å². The first-order valence-corrected chi connectivity index (χ1v) is 26.1. The normalized spacial score (nSPS) is 11.7. The summed E-state index contributed by atoms with van der Waals surface area (Å²) in [6.45, 7) is 0. The van der Waals surface area contributed by atoms with Crippen LogP contribution >= 0.6 is 0 Å². The summed E-state index contributed by atoms with van der Waals surface area (Å²) in [4.78, 5) is 10.5. The Balaban J connectivity index is 1.05. The zero-order valence-electron chi connectivity index (χ0n) is 41.5. The first kappa shape index (κ1) is 43.5. The van der Waals surface area contributed by atoms with Gasteiger partial charge >= 0.3 is 0 Å². The van der Waals surface area contributed by atoms with Crippen molar-refractivity contribution in [3.05, 3.63) is 285 Å². The van der Waals surface area contributed by atoms with Crippen molar-refractivity contribution in [3.8, 4) is 22.3 Å². The second-order valence-corrected chi connectivity index (χ2v) is 20.0. The molecule has 1 aromatic heterocycles. The Labute approximate surface area is 440 Å². The van der Waals surface area contributed by atoms with Crippen LogP contribution < -0.4 is 9.80 Å². The number of fused-ring (bicyclic) bond motifs is 8. The fourth-order valence-corrected chi connectivity index (χ4v) is 11.8. The minimum absolute atomic E-state index is 0.937. The molecule has 0 N–H and O–H groups in total. The zero-order valence-corrected chi connectivity index (χ0v) is 41.5. The summed E-state index contributed by atoms with van der Waals surface area (Å²) in [5.41, 5.74) is 11.7. The summed E-state index contributed by atoms with van der Waals surface area (Å²) in [6, 6.07) is 102. The van der Waals surface area contributed by atoms with Gasteiger partial charge in [-0.15, -0.1) is 0 Å². The third-order valence-electron chi connectivity index (χ3n) is 15.5. The van der Waals surface area contributed by atoms with Crippen LogP contribution in [0.1, 0.15) is 0 Å². The molecule has 14 aromatic carbocycles. The highest BCUT2D eigenvalue weighted by Crippen LogP contribution is 2.49. The number of hydrogen-bond acceptors (Lipinski definition) is 3. The van der Waals surface area contributed by atoms with Crippen molar-refractivity contribution in [1.29, 1.82) is 0 Å². The molecule has 0 aliphatic rings. The van der Waals surface area contributed by atoms with Crippen molar-refractivity contribution in [1.82, 2.24) is 4.98 Å². The smallest absolute Gasteiger partial charge is 0.0794 e. The van der Waals surface area contributed by atoms with Crippen molar-refractivity contribution >= 4 is 120 Å². The van der Waals surface area contributed by atoms with Crippen LogP contribution in [0.3, 0.4) is 0 Å². The molecule has 15 aromatic rings. The maximum absolute atomic E-state index is 5.74. The van der Waals surface area contributed by atoms with Crippen molar-refractivity contribution in [2.75, 3.05) is 9.80 Å². The number of nitrogens with zero attached hydrogens (tertiary/aromatic N) is 3. The quantitative estimate of drug-likeness (QED) is 0.141. The lowest BCUT2D eigenvalue weighted by Gasteiger charge is -2.28. The molecular weight excluding hydrogens is 919 g/mol. The van der Waals surface area contributed by atoms with Gasteiger partial charge in [0.05, 0.1) is 17.4 Å². The minimum Gasteiger partial charge on any atom is -0.310 e. The van der Waals surface area contributed by atoms with Gasteiger partial charge in [0.15, 0.2) is 0 Å². The molecule has 0 spiro atoms. The molecule has 1 heterocycles. The molecular formula is C73H47N3. The molecule has 0 aliphatic carbocycles. The Kier molecular flexibility index (Phi) is 10.2. The first-order chi connectivity index (χ1) is 37.6. The van der Waals surface area contributed by atoms with Gasteiger partial charge < -0.3 is 9.80 Å². The second kappa shape index (κ2) is 17.8. The number of hydrogen-bond donors (Lipinski definition) is 0. The van der Waals surface area contributed by atoms with Crippen LogP contribution in [0, 0.1) is 0 Å². The van der Waals surface area contributed by atoms with Crippen LogP contribution in [0.2, 0.25) is 0 Å². The van der Waals surface area contributed by atoms with E-state index in [1.165, 1.54) is 64.6 Å². The Hall–Kier alpha value is -10.1. The molecule has 0 saturated carbocycles. The standard InChI is InChI=1S/C73H47N3/c1-7-19-54-39-60(27-25-48(54)13-1)71-68-38-37-66(75(62-33-29-50-15-3-9-21-56(50)41-62)63-34-30-51-16-4-10-22-57(51)42-63)45-69(68)72(61-28-26-49-14-2-8-20-55(49)40-61)73-70(71)46-67(47-74-73)76(64-35-31-52-17-5-11-23-58(52)43-64)65-36-32-53-18-6-12-24-59(53)44-65/h1-47H.